The smallest absolute Gasteiger partial charge is 0.127 e. The quantitative estimate of drug-likeness (QED) is 0.621. The molecular weight excluding hydrogens is 254 g/mol. The van der Waals surface area contributed by atoms with Crippen LogP contribution in [-0.2, 0) is 17.8 Å². The largest absolute Gasteiger partial charge is 0.303 e. The molecule has 1 aromatic rings. The van der Waals surface area contributed by atoms with E-state index in [4.69, 9.17) is 0 Å². The lowest BCUT2D eigenvalue weighted by molar-refractivity contribution is -0.118. The highest BCUT2D eigenvalue weighted by Gasteiger charge is 2.33. The second-order valence-corrected chi connectivity index (χ2v) is 7.22. The van der Waals surface area contributed by atoms with Gasteiger partial charge in [0.05, 0.1) is 0 Å². The monoisotopic (exact) mass is 277 g/mol. The molecule has 0 saturated heterocycles. The van der Waals surface area contributed by atoms with Gasteiger partial charge in [0, 0.05) is 29.9 Å². The van der Waals surface area contributed by atoms with E-state index in [0.717, 1.165) is 32.5 Å². The summed E-state index contributed by atoms with van der Waals surface area (Å²) in [5.41, 5.74) is 1.44. The van der Waals surface area contributed by atoms with Crippen LogP contribution in [0.1, 0.15) is 49.0 Å². The predicted molar refractivity (Wildman–Crippen MR) is 79.5 cm³/mol. The molecule has 1 aromatic heterocycles. The number of nitrogens with zero attached hydrogens (tertiary/aromatic N) is 1. The van der Waals surface area contributed by atoms with Crippen molar-refractivity contribution in [1.29, 1.82) is 0 Å². The number of rotatable bonds is 3. The zero-order valence-corrected chi connectivity index (χ0v) is 12.4. The third-order valence-electron chi connectivity index (χ3n) is 4.77. The van der Waals surface area contributed by atoms with Gasteiger partial charge < -0.3 is 4.79 Å². The lowest BCUT2D eigenvalue weighted by atomic mass is 9.81. The van der Waals surface area contributed by atoms with Gasteiger partial charge in [-0.15, -0.1) is 11.3 Å². The van der Waals surface area contributed by atoms with Crippen LogP contribution >= 0.6 is 11.3 Å². The fraction of sp³-hybridized carbons (Fsp3) is 0.688. The van der Waals surface area contributed by atoms with Gasteiger partial charge >= 0.3 is 0 Å². The maximum absolute atomic E-state index is 11.7. The summed E-state index contributed by atoms with van der Waals surface area (Å²) in [5, 5.41) is 2.20. The molecule has 1 aliphatic carbocycles. The van der Waals surface area contributed by atoms with Crippen LogP contribution in [0.15, 0.2) is 11.4 Å². The van der Waals surface area contributed by atoms with Crippen LogP contribution in [0.5, 0.6) is 0 Å². The summed E-state index contributed by atoms with van der Waals surface area (Å²) in [7, 11) is 0. The molecular formula is C16H23NOS. The van der Waals surface area contributed by atoms with Gasteiger partial charge in [-0.1, -0.05) is 25.7 Å². The van der Waals surface area contributed by atoms with E-state index in [1.54, 1.807) is 4.88 Å². The van der Waals surface area contributed by atoms with E-state index in [2.05, 4.69) is 16.3 Å². The molecule has 1 aliphatic heterocycles. The van der Waals surface area contributed by atoms with E-state index in [1.807, 2.05) is 11.3 Å². The summed E-state index contributed by atoms with van der Waals surface area (Å²) >= 11 is 1.89. The molecule has 2 nitrogen and oxygen atoms in total. The van der Waals surface area contributed by atoms with Crippen molar-refractivity contribution >= 4 is 17.6 Å². The van der Waals surface area contributed by atoms with Crippen molar-refractivity contribution in [3.05, 3.63) is 21.9 Å². The Hall–Kier alpha value is -0.670. The van der Waals surface area contributed by atoms with Crippen LogP contribution in [0, 0.1) is 5.41 Å². The maximum Gasteiger partial charge on any atom is 0.127 e. The highest BCUT2D eigenvalue weighted by atomic mass is 32.1. The molecule has 19 heavy (non-hydrogen) atoms. The number of hydrogen-bond acceptors (Lipinski definition) is 3. The number of aldehydes is 1. The van der Waals surface area contributed by atoms with Crippen LogP contribution in [0.25, 0.3) is 0 Å². The lowest BCUT2D eigenvalue weighted by Gasteiger charge is -2.35. The third-order valence-corrected chi connectivity index (χ3v) is 5.80. The average molecular weight is 277 g/mol. The zero-order chi connectivity index (χ0) is 13.1. The first-order chi connectivity index (χ1) is 9.31. The van der Waals surface area contributed by atoms with Crippen molar-refractivity contribution in [3.63, 3.8) is 0 Å². The molecule has 3 heteroatoms. The van der Waals surface area contributed by atoms with Crippen molar-refractivity contribution in [3.8, 4) is 0 Å². The first kappa shape index (κ1) is 13.3. The molecule has 0 radical (unpaired) electrons. The Bertz CT molecular complexity index is 432. The first-order valence-corrected chi connectivity index (χ1v) is 8.43. The summed E-state index contributed by atoms with van der Waals surface area (Å²) in [4.78, 5) is 15.7. The van der Waals surface area contributed by atoms with Gasteiger partial charge in [-0.05, 0) is 36.3 Å². The normalized spacial score (nSPS) is 23.6. The molecule has 2 heterocycles. The molecule has 1 fully saturated rings. The molecule has 2 aliphatic rings. The molecule has 0 unspecified atom stereocenters. The molecule has 0 spiro atoms. The van der Waals surface area contributed by atoms with Gasteiger partial charge in [-0.2, -0.15) is 0 Å². The van der Waals surface area contributed by atoms with Gasteiger partial charge in [0.2, 0.25) is 0 Å². The van der Waals surface area contributed by atoms with Crippen LogP contribution in [-0.4, -0.2) is 24.3 Å². The van der Waals surface area contributed by atoms with Crippen LogP contribution in [0.2, 0.25) is 0 Å². The average Bonchev–Trinajstić information content (AvgIpc) is 2.77. The fourth-order valence-corrected chi connectivity index (χ4v) is 4.52. The molecule has 0 aromatic carbocycles. The summed E-state index contributed by atoms with van der Waals surface area (Å²) in [6.07, 6.45) is 9.73. The van der Waals surface area contributed by atoms with Crippen molar-refractivity contribution in [2.24, 2.45) is 5.41 Å². The van der Waals surface area contributed by atoms with Gasteiger partial charge in [-0.25, -0.2) is 0 Å². The molecule has 0 bridgehead atoms. The Morgan fingerprint density at radius 1 is 1.26 bits per heavy atom. The Morgan fingerprint density at radius 3 is 2.79 bits per heavy atom. The number of fused-ring (bicyclic) bond motifs is 1. The minimum absolute atomic E-state index is 0.0516. The minimum atomic E-state index is -0.0516. The number of hydrogen-bond donors (Lipinski definition) is 0. The van der Waals surface area contributed by atoms with Crippen LogP contribution in [0.3, 0.4) is 0 Å². The Balaban J connectivity index is 1.68. The maximum atomic E-state index is 11.7. The van der Waals surface area contributed by atoms with Crippen molar-refractivity contribution in [2.75, 3.05) is 13.1 Å². The Labute approximate surface area is 119 Å². The summed E-state index contributed by atoms with van der Waals surface area (Å²) in [6, 6.07) is 2.26. The second-order valence-electron chi connectivity index (χ2n) is 6.22. The topological polar surface area (TPSA) is 20.3 Å². The molecule has 0 amide bonds. The Kier molecular flexibility index (Phi) is 4.04. The van der Waals surface area contributed by atoms with Gasteiger partial charge in [0.15, 0.2) is 0 Å². The van der Waals surface area contributed by atoms with Gasteiger partial charge in [0.25, 0.3) is 0 Å². The van der Waals surface area contributed by atoms with E-state index in [-0.39, 0.29) is 5.41 Å². The number of thiophene rings is 1. The molecule has 104 valence electrons. The summed E-state index contributed by atoms with van der Waals surface area (Å²) in [5.74, 6) is 0. The summed E-state index contributed by atoms with van der Waals surface area (Å²) < 4.78 is 0. The van der Waals surface area contributed by atoms with Crippen LogP contribution in [0.4, 0.5) is 0 Å². The predicted octanol–water partition coefficient (Wildman–Crippen LogP) is 3.65. The Morgan fingerprint density at radius 2 is 2.05 bits per heavy atom. The van der Waals surface area contributed by atoms with Crippen molar-refractivity contribution in [1.82, 2.24) is 4.90 Å². The molecule has 1 saturated carbocycles. The van der Waals surface area contributed by atoms with Crippen molar-refractivity contribution in [2.45, 2.75) is 51.5 Å². The minimum Gasteiger partial charge on any atom is -0.303 e. The molecule has 0 N–H and O–H groups in total. The summed E-state index contributed by atoms with van der Waals surface area (Å²) in [6.45, 7) is 3.16. The van der Waals surface area contributed by atoms with E-state index in [1.165, 1.54) is 44.0 Å². The number of carbonyl (C=O) groups is 1. The second kappa shape index (κ2) is 5.76. The van der Waals surface area contributed by atoms with Crippen molar-refractivity contribution < 1.29 is 4.79 Å². The van der Waals surface area contributed by atoms with Gasteiger partial charge in [-0.3, -0.25) is 4.90 Å². The molecule has 3 rings (SSSR count). The fourth-order valence-electron chi connectivity index (χ4n) is 3.63. The SMILES string of the molecule is O=CC1(CN2CCc3sccc3C2)CCCCCC1. The third kappa shape index (κ3) is 2.92. The highest BCUT2D eigenvalue weighted by Crippen LogP contribution is 2.35. The van der Waals surface area contributed by atoms with E-state index < -0.39 is 0 Å². The van der Waals surface area contributed by atoms with E-state index in [0.29, 0.717) is 0 Å². The van der Waals surface area contributed by atoms with Gasteiger partial charge in [0.1, 0.15) is 6.29 Å². The standard InChI is InChI=1S/C16H23NOS/c18-13-16(7-3-1-2-4-8-16)12-17-9-5-15-14(11-17)6-10-19-15/h6,10,13H,1-5,7-9,11-12H2. The number of carbonyl (C=O) groups excluding carboxylic acids is 1. The first-order valence-electron chi connectivity index (χ1n) is 7.55. The highest BCUT2D eigenvalue weighted by molar-refractivity contribution is 7.10. The van der Waals surface area contributed by atoms with E-state index in [9.17, 15) is 4.79 Å². The lowest BCUT2D eigenvalue weighted by Crippen LogP contribution is -2.41. The zero-order valence-electron chi connectivity index (χ0n) is 11.6. The van der Waals surface area contributed by atoms with E-state index >= 15 is 0 Å². The van der Waals surface area contributed by atoms with Crippen LogP contribution < -0.4 is 0 Å². The molecule has 0 atom stereocenters.